The van der Waals surface area contributed by atoms with E-state index in [1.165, 1.54) is 23.9 Å². The number of hydrogen-bond acceptors (Lipinski definition) is 5. The van der Waals surface area contributed by atoms with Crippen LogP contribution in [0.15, 0.2) is 29.2 Å². The minimum Gasteiger partial charge on any atom is -0.491 e. The number of aromatic nitrogens is 1. The van der Waals surface area contributed by atoms with E-state index >= 15 is 0 Å². The second-order valence-corrected chi connectivity index (χ2v) is 9.11. The monoisotopic (exact) mass is 473 g/mol. The van der Waals surface area contributed by atoms with Crippen LogP contribution in [0.3, 0.4) is 0 Å². The molecule has 3 fully saturated rings. The lowest BCUT2D eigenvalue weighted by Gasteiger charge is -2.39. The first-order chi connectivity index (χ1) is 16.3. The summed E-state index contributed by atoms with van der Waals surface area (Å²) in [5, 5.41) is 2.49. The largest absolute Gasteiger partial charge is 0.491 e. The van der Waals surface area contributed by atoms with Crippen molar-refractivity contribution in [2.75, 3.05) is 7.11 Å². The minimum absolute atomic E-state index is 0.0217. The van der Waals surface area contributed by atoms with Gasteiger partial charge in [0.05, 0.1) is 19.8 Å². The van der Waals surface area contributed by atoms with Crippen molar-refractivity contribution in [1.29, 1.82) is 0 Å². The van der Waals surface area contributed by atoms with Gasteiger partial charge in [-0.3, -0.25) is 14.4 Å². The average molecular weight is 473 g/mol. The van der Waals surface area contributed by atoms with Gasteiger partial charge in [0.1, 0.15) is 17.2 Å². The Balaban J connectivity index is 1.47. The number of amides is 2. The van der Waals surface area contributed by atoms with Crippen LogP contribution in [-0.4, -0.2) is 46.8 Å². The molecular formula is C24H25F2N3O5. The molecule has 2 aromatic rings. The van der Waals surface area contributed by atoms with Crippen LogP contribution in [0.4, 0.5) is 8.78 Å². The van der Waals surface area contributed by atoms with Gasteiger partial charge >= 0.3 is 0 Å². The standard InChI is InChI=1S/C24H25F2N3O5/c1-12-7-15-5-6-18(12)34-19-11-28-10-16(21(30)22(33-2)20(28)24(32)29(15)19)23(31)27-9-13-3-4-14(25)8-17(13)26/h3-4,8,10,12,15,18-19H,5-7,9,11H2,1-2H3,(H,27,31)/t12?,15-,18+,19-/m1/s1. The van der Waals surface area contributed by atoms with Crippen LogP contribution in [0.1, 0.15) is 52.6 Å². The Labute approximate surface area is 194 Å². The number of rotatable bonds is 4. The van der Waals surface area contributed by atoms with E-state index in [0.717, 1.165) is 31.4 Å². The number of carbonyl (C=O) groups excluding carboxylic acids is 2. The van der Waals surface area contributed by atoms with Crippen LogP contribution < -0.4 is 15.5 Å². The Kier molecular flexibility index (Phi) is 5.63. The quantitative estimate of drug-likeness (QED) is 0.737. The Morgan fingerprint density at radius 2 is 2.06 bits per heavy atom. The lowest BCUT2D eigenvalue weighted by Crippen LogP contribution is -2.53. The van der Waals surface area contributed by atoms with Gasteiger partial charge in [-0.15, -0.1) is 0 Å². The van der Waals surface area contributed by atoms with E-state index in [1.54, 1.807) is 4.90 Å². The van der Waals surface area contributed by atoms with E-state index in [2.05, 4.69) is 12.2 Å². The molecule has 180 valence electrons. The maximum absolute atomic E-state index is 13.9. The number of pyridine rings is 1. The van der Waals surface area contributed by atoms with E-state index in [1.807, 2.05) is 0 Å². The summed E-state index contributed by atoms with van der Waals surface area (Å²) in [4.78, 5) is 41.2. The van der Waals surface area contributed by atoms with Crippen molar-refractivity contribution >= 4 is 11.8 Å². The van der Waals surface area contributed by atoms with Crippen molar-refractivity contribution in [2.24, 2.45) is 5.92 Å². The molecule has 1 aromatic heterocycles. The predicted octanol–water partition coefficient (Wildman–Crippen LogP) is 2.43. The molecule has 3 aliphatic heterocycles. The van der Waals surface area contributed by atoms with Crippen LogP contribution >= 0.6 is 0 Å². The molecule has 1 N–H and O–H groups in total. The molecule has 1 unspecified atom stereocenters. The van der Waals surface area contributed by atoms with E-state index in [-0.39, 0.29) is 53.7 Å². The van der Waals surface area contributed by atoms with Gasteiger partial charge in [0.2, 0.25) is 5.43 Å². The van der Waals surface area contributed by atoms with E-state index in [9.17, 15) is 23.2 Å². The summed E-state index contributed by atoms with van der Waals surface area (Å²) >= 11 is 0. The normalized spacial score (nSPS) is 25.4. The van der Waals surface area contributed by atoms with Gasteiger partial charge in [-0.05, 0) is 31.2 Å². The highest BCUT2D eigenvalue weighted by Gasteiger charge is 2.47. The fourth-order valence-corrected chi connectivity index (χ4v) is 5.31. The van der Waals surface area contributed by atoms with E-state index in [0.29, 0.717) is 5.92 Å². The van der Waals surface area contributed by atoms with Crippen molar-refractivity contribution < 1.29 is 27.8 Å². The van der Waals surface area contributed by atoms with Crippen LogP contribution in [0, 0.1) is 17.6 Å². The number of halogens is 2. The molecule has 2 bridgehead atoms. The number of nitrogens with zero attached hydrogens (tertiary/aromatic N) is 2. The van der Waals surface area contributed by atoms with Crippen LogP contribution in [0.5, 0.6) is 5.75 Å². The van der Waals surface area contributed by atoms with Crippen LogP contribution in [0.2, 0.25) is 0 Å². The molecule has 0 radical (unpaired) electrons. The lowest BCUT2D eigenvalue weighted by atomic mass is 9.84. The van der Waals surface area contributed by atoms with Crippen molar-refractivity contribution in [1.82, 2.24) is 14.8 Å². The van der Waals surface area contributed by atoms with Gasteiger partial charge in [0.25, 0.3) is 11.8 Å². The molecule has 4 heterocycles. The molecular weight excluding hydrogens is 448 g/mol. The first-order valence-corrected chi connectivity index (χ1v) is 11.3. The topological polar surface area (TPSA) is 89.9 Å². The number of hydrogen-bond donors (Lipinski definition) is 1. The smallest absolute Gasteiger partial charge is 0.276 e. The third kappa shape index (κ3) is 3.66. The molecule has 2 amide bonds. The molecule has 4 atom stereocenters. The molecule has 1 aliphatic carbocycles. The number of fused-ring (bicyclic) bond motifs is 3. The molecule has 4 aliphatic rings. The second-order valence-electron chi connectivity index (χ2n) is 9.11. The average Bonchev–Trinajstić information content (AvgIpc) is 3.05. The minimum atomic E-state index is -0.805. The van der Waals surface area contributed by atoms with Gasteiger partial charge in [-0.25, -0.2) is 8.78 Å². The summed E-state index contributed by atoms with van der Waals surface area (Å²) in [5.74, 6) is -2.54. The molecule has 2 saturated heterocycles. The van der Waals surface area contributed by atoms with E-state index in [4.69, 9.17) is 9.47 Å². The zero-order valence-electron chi connectivity index (χ0n) is 18.8. The molecule has 10 heteroatoms. The first-order valence-electron chi connectivity index (χ1n) is 11.3. The summed E-state index contributed by atoms with van der Waals surface area (Å²) in [7, 11) is 1.28. The molecule has 1 saturated carbocycles. The maximum Gasteiger partial charge on any atom is 0.276 e. The third-order valence-electron chi connectivity index (χ3n) is 7.03. The number of ether oxygens (including phenoxy) is 2. The second kappa shape index (κ2) is 8.50. The zero-order valence-corrected chi connectivity index (χ0v) is 18.8. The third-order valence-corrected chi connectivity index (χ3v) is 7.03. The summed E-state index contributed by atoms with van der Waals surface area (Å²) in [6.07, 6.45) is 3.41. The fraction of sp³-hybridized carbons (Fsp3) is 0.458. The van der Waals surface area contributed by atoms with Crippen LogP contribution in [-0.2, 0) is 17.8 Å². The number of carbonyl (C=O) groups is 2. The van der Waals surface area contributed by atoms with E-state index < -0.39 is 29.2 Å². The van der Waals surface area contributed by atoms with Crippen molar-refractivity contribution in [2.45, 2.75) is 57.6 Å². The van der Waals surface area contributed by atoms with Crippen LogP contribution in [0.25, 0.3) is 0 Å². The SMILES string of the molecule is COc1c2n(cc(C(=O)NCc3ccc(F)cc3F)c1=O)C[C@H]1O[C@H]3CC[C@H](CC3C)N1C2=O. The summed E-state index contributed by atoms with van der Waals surface area (Å²) in [6, 6.07) is 3.04. The highest BCUT2D eigenvalue weighted by atomic mass is 19.1. The number of benzene rings is 1. The Bertz CT molecular complexity index is 1230. The van der Waals surface area contributed by atoms with Gasteiger partial charge < -0.3 is 24.3 Å². The maximum atomic E-state index is 13.9. The molecule has 34 heavy (non-hydrogen) atoms. The van der Waals surface area contributed by atoms with Crippen molar-refractivity contribution in [3.05, 3.63) is 63.1 Å². The van der Waals surface area contributed by atoms with Gasteiger partial charge in [-0.2, -0.15) is 0 Å². The summed E-state index contributed by atoms with van der Waals surface area (Å²) in [6.45, 7) is 2.13. The number of methoxy groups -OCH3 is 1. The Hall–Kier alpha value is -3.27. The van der Waals surface area contributed by atoms with Gasteiger partial charge in [0.15, 0.2) is 17.7 Å². The molecule has 0 spiro atoms. The van der Waals surface area contributed by atoms with Gasteiger partial charge in [0, 0.05) is 30.4 Å². The highest BCUT2D eigenvalue weighted by Crippen LogP contribution is 2.39. The highest BCUT2D eigenvalue weighted by molar-refractivity contribution is 5.99. The number of nitrogens with one attached hydrogen (secondary N) is 1. The Morgan fingerprint density at radius 1 is 1.26 bits per heavy atom. The first kappa shape index (κ1) is 22.5. The molecule has 1 aromatic carbocycles. The predicted molar refractivity (Wildman–Crippen MR) is 116 cm³/mol. The lowest BCUT2D eigenvalue weighted by molar-refractivity contribution is -0.0888. The van der Waals surface area contributed by atoms with Gasteiger partial charge in [-0.1, -0.05) is 13.0 Å². The van der Waals surface area contributed by atoms with Crippen molar-refractivity contribution in [3.63, 3.8) is 0 Å². The summed E-state index contributed by atoms with van der Waals surface area (Å²) < 4.78 is 40.2. The van der Waals surface area contributed by atoms with Crippen molar-refractivity contribution in [3.8, 4) is 5.75 Å². The molecule has 8 nitrogen and oxygen atoms in total. The fourth-order valence-electron chi connectivity index (χ4n) is 5.31. The molecule has 6 rings (SSSR count). The Morgan fingerprint density at radius 3 is 2.76 bits per heavy atom. The zero-order chi connectivity index (χ0) is 24.1. The summed E-state index contributed by atoms with van der Waals surface area (Å²) in [5.41, 5.74) is -0.811.